The zero-order valence-corrected chi connectivity index (χ0v) is 12.9. The third kappa shape index (κ3) is 2.50. The van der Waals surface area contributed by atoms with Crippen LogP contribution in [0.25, 0.3) is 10.9 Å². The van der Waals surface area contributed by atoms with Crippen LogP contribution in [0.3, 0.4) is 0 Å². The van der Waals surface area contributed by atoms with Crippen LogP contribution >= 0.6 is 0 Å². The Morgan fingerprint density at radius 1 is 0.773 bits per heavy atom. The first-order chi connectivity index (χ1) is 10.9. The standard InChI is InChI=1S/C20H22N2/c1-3-8-17(9-4-1)16-22-15-12-18-19(10-7-11-20(18)22)21-13-5-2-6-14-21/h1,3-4,7-12,15H,2,5-6,13-14,16H2. The zero-order valence-electron chi connectivity index (χ0n) is 12.9. The van der Waals surface area contributed by atoms with E-state index in [-0.39, 0.29) is 0 Å². The maximum absolute atomic E-state index is 2.55. The van der Waals surface area contributed by atoms with Crippen LogP contribution in [0.2, 0.25) is 0 Å². The summed E-state index contributed by atoms with van der Waals surface area (Å²) in [7, 11) is 0. The number of piperidine rings is 1. The van der Waals surface area contributed by atoms with E-state index in [1.54, 1.807) is 0 Å². The Bertz CT molecular complexity index is 752. The molecule has 4 rings (SSSR count). The molecule has 2 nitrogen and oxygen atoms in total. The molecule has 112 valence electrons. The molecule has 0 bridgehead atoms. The number of aromatic nitrogens is 1. The van der Waals surface area contributed by atoms with E-state index in [1.165, 1.54) is 54.5 Å². The molecule has 2 heterocycles. The van der Waals surface area contributed by atoms with Gasteiger partial charge in [0.05, 0.1) is 5.52 Å². The van der Waals surface area contributed by atoms with Gasteiger partial charge in [-0.25, -0.2) is 0 Å². The molecule has 3 aromatic rings. The van der Waals surface area contributed by atoms with E-state index in [0.717, 1.165) is 6.54 Å². The summed E-state index contributed by atoms with van der Waals surface area (Å²) in [6, 6.07) is 19.7. The smallest absolute Gasteiger partial charge is 0.0504 e. The van der Waals surface area contributed by atoms with Gasteiger partial charge in [0, 0.05) is 36.9 Å². The van der Waals surface area contributed by atoms with Crippen molar-refractivity contribution in [3.8, 4) is 0 Å². The second-order valence-electron chi connectivity index (χ2n) is 6.19. The summed E-state index contributed by atoms with van der Waals surface area (Å²) in [5.41, 5.74) is 4.10. The van der Waals surface area contributed by atoms with Crippen LogP contribution in [-0.2, 0) is 6.54 Å². The summed E-state index contributed by atoms with van der Waals surface area (Å²) >= 11 is 0. The van der Waals surface area contributed by atoms with Crippen LogP contribution in [0, 0.1) is 0 Å². The molecule has 2 heteroatoms. The van der Waals surface area contributed by atoms with Gasteiger partial charge in [0.25, 0.3) is 0 Å². The Kier molecular flexibility index (Phi) is 3.59. The summed E-state index contributed by atoms with van der Waals surface area (Å²) in [4.78, 5) is 2.55. The average Bonchev–Trinajstić information content (AvgIpc) is 3.00. The van der Waals surface area contributed by atoms with E-state index >= 15 is 0 Å². The minimum absolute atomic E-state index is 0.938. The Morgan fingerprint density at radius 3 is 2.41 bits per heavy atom. The first-order valence-corrected chi connectivity index (χ1v) is 8.28. The second-order valence-corrected chi connectivity index (χ2v) is 6.19. The SMILES string of the molecule is c1ccc(Cn2ccc3c(N4CCCCC4)cccc32)cc1. The summed E-state index contributed by atoms with van der Waals surface area (Å²) in [6.07, 6.45) is 6.24. The summed E-state index contributed by atoms with van der Waals surface area (Å²) in [5, 5.41) is 1.39. The highest BCUT2D eigenvalue weighted by Crippen LogP contribution is 2.30. The van der Waals surface area contributed by atoms with Crippen molar-refractivity contribution in [1.82, 2.24) is 4.57 Å². The quantitative estimate of drug-likeness (QED) is 0.680. The van der Waals surface area contributed by atoms with Gasteiger partial charge in [-0.1, -0.05) is 36.4 Å². The van der Waals surface area contributed by atoms with Gasteiger partial charge in [0.2, 0.25) is 0 Å². The van der Waals surface area contributed by atoms with Gasteiger partial charge in [-0.2, -0.15) is 0 Å². The lowest BCUT2D eigenvalue weighted by atomic mass is 10.1. The third-order valence-electron chi connectivity index (χ3n) is 4.68. The summed E-state index contributed by atoms with van der Waals surface area (Å²) < 4.78 is 2.36. The lowest BCUT2D eigenvalue weighted by Crippen LogP contribution is -2.29. The molecule has 22 heavy (non-hydrogen) atoms. The van der Waals surface area contributed by atoms with Gasteiger partial charge in [-0.15, -0.1) is 0 Å². The van der Waals surface area contributed by atoms with Crippen molar-refractivity contribution in [2.45, 2.75) is 25.8 Å². The average molecular weight is 290 g/mol. The maximum Gasteiger partial charge on any atom is 0.0504 e. The van der Waals surface area contributed by atoms with E-state index in [9.17, 15) is 0 Å². The summed E-state index contributed by atoms with van der Waals surface area (Å²) in [5.74, 6) is 0. The van der Waals surface area contributed by atoms with Gasteiger partial charge >= 0.3 is 0 Å². The Labute approximate surface area is 132 Å². The van der Waals surface area contributed by atoms with Crippen LogP contribution in [0.1, 0.15) is 24.8 Å². The van der Waals surface area contributed by atoms with Gasteiger partial charge in [-0.3, -0.25) is 0 Å². The van der Waals surface area contributed by atoms with Gasteiger partial charge in [0.15, 0.2) is 0 Å². The fourth-order valence-corrected chi connectivity index (χ4v) is 3.54. The normalized spacial score (nSPS) is 15.4. The summed E-state index contributed by atoms with van der Waals surface area (Å²) in [6.45, 7) is 3.33. The zero-order chi connectivity index (χ0) is 14.8. The van der Waals surface area contributed by atoms with E-state index in [1.807, 2.05) is 0 Å². The molecule has 0 saturated carbocycles. The Balaban J connectivity index is 1.70. The minimum atomic E-state index is 0.938. The van der Waals surface area contributed by atoms with E-state index in [2.05, 4.69) is 70.3 Å². The molecule has 0 aliphatic carbocycles. The first-order valence-electron chi connectivity index (χ1n) is 8.28. The monoisotopic (exact) mass is 290 g/mol. The number of anilines is 1. The lowest BCUT2D eigenvalue weighted by molar-refractivity contribution is 0.579. The number of rotatable bonds is 3. The Morgan fingerprint density at radius 2 is 1.59 bits per heavy atom. The number of hydrogen-bond donors (Lipinski definition) is 0. The van der Waals surface area contributed by atoms with Gasteiger partial charge < -0.3 is 9.47 Å². The predicted octanol–water partition coefficient (Wildman–Crippen LogP) is 4.68. The van der Waals surface area contributed by atoms with Gasteiger partial charge in [-0.05, 0) is 43.0 Å². The number of nitrogens with zero attached hydrogens (tertiary/aromatic N) is 2. The van der Waals surface area contributed by atoms with Crippen molar-refractivity contribution in [3.05, 3.63) is 66.4 Å². The maximum atomic E-state index is 2.55. The van der Waals surface area contributed by atoms with Crippen LogP contribution in [0.15, 0.2) is 60.8 Å². The fourth-order valence-electron chi connectivity index (χ4n) is 3.54. The van der Waals surface area contributed by atoms with E-state index < -0.39 is 0 Å². The highest BCUT2D eigenvalue weighted by Gasteiger charge is 2.14. The molecule has 2 aromatic carbocycles. The van der Waals surface area contributed by atoms with Gasteiger partial charge in [0.1, 0.15) is 0 Å². The highest BCUT2D eigenvalue weighted by molar-refractivity contribution is 5.93. The van der Waals surface area contributed by atoms with Crippen molar-refractivity contribution in [2.24, 2.45) is 0 Å². The van der Waals surface area contributed by atoms with Crippen LogP contribution < -0.4 is 4.90 Å². The topological polar surface area (TPSA) is 8.17 Å². The minimum Gasteiger partial charge on any atom is -0.371 e. The molecule has 0 amide bonds. The molecule has 0 N–H and O–H groups in total. The van der Waals surface area contributed by atoms with Crippen LogP contribution in [-0.4, -0.2) is 17.7 Å². The molecule has 1 aliphatic rings. The number of fused-ring (bicyclic) bond motifs is 1. The largest absolute Gasteiger partial charge is 0.371 e. The van der Waals surface area contributed by atoms with Crippen molar-refractivity contribution in [3.63, 3.8) is 0 Å². The molecule has 0 radical (unpaired) electrons. The molecule has 0 atom stereocenters. The number of benzene rings is 2. The van der Waals surface area contributed by atoms with Crippen molar-refractivity contribution < 1.29 is 0 Å². The molecular formula is C20H22N2. The van der Waals surface area contributed by atoms with Crippen LogP contribution in [0.4, 0.5) is 5.69 Å². The molecule has 1 aromatic heterocycles. The molecule has 1 fully saturated rings. The highest BCUT2D eigenvalue weighted by atomic mass is 15.1. The number of hydrogen-bond acceptors (Lipinski definition) is 1. The Hall–Kier alpha value is -2.22. The predicted molar refractivity (Wildman–Crippen MR) is 93.5 cm³/mol. The van der Waals surface area contributed by atoms with Crippen LogP contribution in [0.5, 0.6) is 0 Å². The first kappa shape index (κ1) is 13.4. The van der Waals surface area contributed by atoms with E-state index in [0.29, 0.717) is 0 Å². The molecule has 0 spiro atoms. The molecule has 1 saturated heterocycles. The second kappa shape index (κ2) is 5.88. The van der Waals surface area contributed by atoms with Crippen molar-refractivity contribution in [1.29, 1.82) is 0 Å². The lowest BCUT2D eigenvalue weighted by Gasteiger charge is -2.29. The third-order valence-corrected chi connectivity index (χ3v) is 4.68. The molecule has 0 unspecified atom stereocenters. The molecule has 1 aliphatic heterocycles. The van der Waals surface area contributed by atoms with E-state index in [4.69, 9.17) is 0 Å². The fraction of sp³-hybridized carbons (Fsp3) is 0.300. The molecular weight excluding hydrogens is 268 g/mol. The van der Waals surface area contributed by atoms with Crippen molar-refractivity contribution in [2.75, 3.05) is 18.0 Å². The van der Waals surface area contributed by atoms with Crippen molar-refractivity contribution >= 4 is 16.6 Å².